The van der Waals surface area contributed by atoms with Gasteiger partial charge in [-0.15, -0.1) is 0 Å². The second-order valence-corrected chi connectivity index (χ2v) is 3.07. The molecule has 0 aromatic heterocycles. The van der Waals surface area contributed by atoms with Crippen molar-refractivity contribution in [3.05, 3.63) is 0 Å². The second kappa shape index (κ2) is 3.72. The van der Waals surface area contributed by atoms with Gasteiger partial charge in [-0.25, -0.2) is 0 Å². The Balaban J connectivity index is 2.46. The van der Waals surface area contributed by atoms with Gasteiger partial charge in [-0.1, -0.05) is 6.92 Å². The van der Waals surface area contributed by atoms with Crippen molar-refractivity contribution >= 4 is 5.91 Å². The van der Waals surface area contributed by atoms with Gasteiger partial charge >= 0.3 is 0 Å². The Morgan fingerprint density at radius 3 is 2.45 bits per heavy atom. The minimum atomic E-state index is -0.172. The minimum Gasteiger partial charge on any atom is -0.368 e. The zero-order valence-electron chi connectivity index (χ0n) is 7.05. The number of rotatable bonds is 3. The van der Waals surface area contributed by atoms with Gasteiger partial charge in [0.2, 0.25) is 5.91 Å². The fraction of sp³-hybridized carbons (Fsp3) is 0.875. The Bertz CT molecular complexity index is 141. The van der Waals surface area contributed by atoms with Gasteiger partial charge in [0.15, 0.2) is 0 Å². The zero-order chi connectivity index (χ0) is 8.27. The highest BCUT2D eigenvalue weighted by molar-refractivity contribution is 5.79. The van der Waals surface area contributed by atoms with Crippen LogP contribution in [0.5, 0.6) is 0 Å². The summed E-state index contributed by atoms with van der Waals surface area (Å²) in [4.78, 5) is 13.1. The standard InChI is InChI=1S/C8H16N2O/c1-2-7(8(9)11)10-5-3-4-6-10/h7H,2-6H2,1H3,(H2,9,11). The van der Waals surface area contributed by atoms with Crippen LogP contribution in [0.3, 0.4) is 0 Å². The summed E-state index contributed by atoms with van der Waals surface area (Å²) in [5, 5.41) is 0. The van der Waals surface area contributed by atoms with Gasteiger partial charge in [-0.3, -0.25) is 9.69 Å². The molecule has 1 fully saturated rings. The first-order valence-corrected chi connectivity index (χ1v) is 4.29. The van der Waals surface area contributed by atoms with E-state index in [1.165, 1.54) is 12.8 Å². The van der Waals surface area contributed by atoms with Gasteiger partial charge in [0.1, 0.15) is 0 Å². The number of hydrogen-bond acceptors (Lipinski definition) is 2. The summed E-state index contributed by atoms with van der Waals surface area (Å²) in [6.45, 7) is 4.09. The van der Waals surface area contributed by atoms with E-state index in [2.05, 4.69) is 4.90 Å². The number of hydrogen-bond donors (Lipinski definition) is 1. The van der Waals surface area contributed by atoms with Gasteiger partial charge in [-0.2, -0.15) is 0 Å². The summed E-state index contributed by atoms with van der Waals surface area (Å²) >= 11 is 0. The van der Waals surface area contributed by atoms with Crippen LogP contribution in [-0.4, -0.2) is 29.9 Å². The molecule has 0 spiro atoms. The van der Waals surface area contributed by atoms with Gasteiger partial charge in [0.05, 0.1) is 6.04 Å². The van der Waals surface area contributed by atoms with E-state index in [9.17, 15) is 4.79 Å². The molecule has 1 heterocycles. The van der Waals surface area contributed by atoms with E-state index < -0.39 is 0 Å². The summed E-state index contributed by atoms with van der Waals surface area (Å²) in [7, 11) is 0. The van der Waals surface area contributed by atoms with Crippen molar-refractivity contribution in [3.63, 3.8) is 0 Å². The van der Waals surface area contributed by atoms with Gasteiger partial charge in [0, 0.05) is 0 Å². The van der Waals surface area contributed by atoms with Crippen molar-refractivity contribution in [3.8, 4) is 0 Å². The number of nitrogens with zero attached hydrogens (tertiary/aromatic N) is 1. The molecule has 0 aromatic rings. The molecule has 1 saturated heterocycles. The van der Waals surface area contributed by atoms with Crippen molar-refractivity contribution in [2.24, 2.45) is 5.73 Å². The van der Waals surface area contributed by atoms with E-state index in [4.69, 9.17) is 5.73 Å². The molecule has 0 saturated carbocycles. The smallest absolute Gasteiger partial charge is 0.234 e. The van der Waals surface area contributed by atoms with Crippen LogP contribution in [0, 0.1) is 0 Å². The van der Waals surface area contributed by atoms with Crippen LogP contribution in [0.1, 0.15) is 26.2 Å². The average molecular weight is 156 g/mol. The van der Waals surface area contributed by atoms with E-state index >= 15 is 0 Å². The lowest BCUT2D eigenvalue weighted by molar-refractivity contribution is -0.122. The van der Waals surface area contributed by atoms with Crippen LogP contribution in [-0.2, 0) is 4.79 Å². The summed E-state index contributed by atoms with van der Waals surface area (Å²) in [6, 6.07) is -0.0162. The number of likely N-dealkylation sites (tertiary alicyclic amines) is 1. The SMILES string of the molecule is CCC(C(N)=O)N1CCCC1. The van der Waals surface area contributed by atoms with Crippen molar-refractivity contribution in [2.75, 3.05) is 13.1 Å². The summed E-state index contributed by atoms with van der Waals surface area (Å²) < 4.78 is 0. The molecule has 11 heavy (non-hydrogen) atoms. The van der Waals surface area contributed by atoms with E-state index in [0.717, 1.165) is 19.5 Å². The van der Waals surface area contributed by atoms with Gasteiger partial charge in [0.25, 0.3) is 0 Å². The highest BCUT2D eigenvalue weighted by atomic mass is 16.1. The first kappa shape index (κ1) is 8.53. The Hall–Kier alpha value is -0.570. The monoisotopic (exact) mass is 156 g/mol. The fourth-order valence-electron chi connectivity index (χ4n) is 1.69. The highest BCUT2D eigenvalue weighted by Gasteiger charge is 2.23. The lowest BCUT2D eigenvalue weighted by Crippen LogP contribution is -2.42. The normalized spacial score (nSPS) is 21.9. The van der Waals surface area contributed by atoms with E-state index in [1.54, 1.807) is 0 Å². The third kappa shape index (κ3) is 1.93. The molecule has 0 aliphatic carbocycles. The minimum absolute atomic E-state index is 0.0162. The van der Waals surface area contributed by atoms with Crippen molar-refractivity contribution in [2.45, 2.75) is 32.2 Å². The molecule has 1 unspecified atom stereocenters. The summed E-state index contributed by atoms with van der Waals surface area (Å²) in [5.41, 5.74) is 5.25. The summed E-state index contributed by atoms with van der Waals surface area (Å²) in [6.07, 6.45) is 3.27. The molecule has 1 atom stereocenters. The summed E-state index contributed by atoms with van der Waals surface area (Å²) in [5.74, 6) is -0.172. The Labute approximate surface area is 67.5 Å². The number of primary amides is 1. The zero-order valence-corrected chi connectivity index (χ0v) is 7.05. The van der Waals surface area contributed by atoms with Gasteiger partial charge in [-0.05, 0) is 32.4 Å². The van der Waals surface area contributed by atoms with E-state index in [-0.39, 0.29) is 11.9 Å². The number of carbonyl (C=O) groups is 1. The van der Waals surface area contributed by atoms with Crippen LogP contribution in [0.4, 0.5) is 0 Å². The van der Waals surface area contributed by atoms with Crippen LogP contribution >= 0.6 is 0 Å². The molecule has 1 rings (SSSR count). The number of amides is 1. The molecule has 3 nitrogen and oxygen atoms in total. The molecule has 1 aliphatic rings. The molecule has 2 N–H and O–H groups in total. The number of carbonyl (C=O) groups excluding carboxylic acids is 1. The molecular weight excluding hydrogens is 140 g/mol. The number of nitrogens with two attached hydrogens (primary N) is 1. The molecule has 0 bridgehead atoms. The molecule has 3 heteroatoms. The van der Waals surface area contributed by atoms with Crippen molar-refractivity contribution in [1.82, 2.24) is 4.90 Å². The van der Waals surface area contributed by atoms with Crippen LogP contribution in [0.2, 0.25) is 0 Å². The van der Waals surface area contributed by atoms with Gasteiger partial charge < -0.3 is 5.73 Å². The molecule has 1 amide bonds. The largest absolute Gasteiger partial charge is 0.368 e. The Morgan fingerprint density at radius 1 is 1.55 bits per heavy atom. The third-order valence-electron chi connectivity index (χ3n) is 2.30. The maximum absolute atomic E-state index is 10.9. The first-order valence-electron chi connectivity index (χ1n) is 4.29. The Morgan fingerprint density at radius 2 is 2.09 bits per heavy atom. The second-order valence-electron chi connectivity index (χ2n) is 3.07. The highest BCUT2D eigenvalue weighted by Crippen LogP contribution is 2.13. The maximum Gasteiger partial charge on any atom is 0.234 e. The van der Waals surface area contributed by atoms with E-state index in [0.29, 0.717) is 0 Å². The van der Waals surface area contributed by atoms with E-state index in [1.807, 2.05) is 6.92 Å². The van der Waals surface area contributed by atoms with Crippen LogP contribution < -0.4 is 5.73 Å². The predicted molar refractivity (Wildman–Crippen MR) is 44.1 cm³/mol. The van der Waals surface area contributed by atoms with Crippen LogP contribution in [0.15, 0.2) is 0 Å². The molecule has 0 radical (unpaired) electrons. The fourth-order valence-corrected chi connectivity index (χ4v) is 1.69. The Kier molecular flexibility index (Phi) is 2.88. The molecule has 1 aliphatic heterocycles. The molecular formula is C8H16N2O. The molecule has 64 valence electrons. The maximum atomic E-state index is 10.9. The molecule has 0 aromatic carbocycles. The quantitative estimate of drug-likeness (QED) is 0.640. The topological polar surface area (TPSA) is 46.3 Å². The van der Waals surface area contributed by atoms with Crippen molar-refractivity contribution in [1.29, 1.82) is 0 Å². The lowest BCUT2D eigenvalue weighted by Gasteiger charge is -2.22. The third-order valence-corrected chi connectivity index (χ3v) is 2.30. The predicted octanol–water partition coefficient (Wildman–Crippen LogP) is 0.346. The van der Waals surface area contributed by atoms with Crippen molar-refractivity contribution < 1.29 is 4.79 Å². The average Bonchev–Trinajstić information content (AvgIpc) is 2.40. The first-order chi connectivity index (χ1) is 5.25. The van der Waals surface area contributed by atoms with Crippen LogP contribution in [0.25, 0.3) is 0 Å². The lowest BCUT2D eigenvalue weighted by atomic mass is 10.2.